The Bertz CT molecular complexity index is 597. The number of aliphatic hydroxyl groups is 1. The van der Waals surface area contributed by atoms with Crippen molar-refractivity contribution in [3.63, 3.8) is 0 Å². The van der Waals surface area contributed by atoms with Gasteiger partial charge in [0.1, 0.15) is 17.0 Å². The van der Waals surface area contributed by atoms with Crippen molar-refractivity contribution in [2.45, 2.75) is 26.3 Å². The second kappa shape index (κ2) is 5.12. The molecule has 0 bridgehead atoms. The summed E-state index contributed by atoms with van der Waals surface area (Å²) in [6, 6.07) is 0.674. The highest BCUT2D eigenvalue weighted by molar-refractivity contribution is 5.76. The average Bonchev–Trinajstić information content (AvgIpc) is 2.65. The maximum Gasteiger partial charge on any atom is 0.280 e. The lowest BCUT2D eigenvalue weighted by Gasteiger charge is -2.07. The number of hydrogen-bond acceptors (Lipinski definition) is 3. The molecule has 0 radical (unpaired) electrons. The number of fused-ring (bicyclic) bond motifs is 1. The molecular formula is C11H11F4N3O. The molecule has 1 N–H and O–H groups in total. The average molecular weight is 277 g/mol. The second-order valence-corrected chi connectivity index (χ2v) is 3.94. The smallest absolute Gasteiger partial charge is 0.280 e. The molecule has 0 atom stereocenters. The summed E-state index contributed by atoms with van der Waals surface area (Å²) in [5.41, 5.74) is -1.45. The van der Waals surface area contributed by atoms with E-state index in [9.17, 15) is 17.6 Å². The number of rotatable bonds is 4. The van der Waals surface area contributed by atoms with Gasteiger partial charge in [-0.2, -0.15) is 0 Å². The van der Waals surface area contributed by atoms with E-state index in [1.165, 1.54) is 11.5 Å². The van der Waals surface area contributed by atoms with Crippen molar-refractivity contribution in [1.82, 2.24) is 14.5 Å². The summed E-state index contributed by atoms with van der Waals surface area (Å²) in [7, 11) is 0. The zero-order chi connectivity index (χ0) is 14.2. The number of aliphatic hydroxyl groups excluding tert-OH is 1. The molecule has 0 aromatic carbocycles. The first-order valence-corrected chi connectivity index (χ1v) is 5.50. The van der Waals surface area contributed by atoms with Crippen molar-refractivity contribution in [2.24, 2.45) is 0 Å². The van der Waals surface area contributed by atoms with E-state index in [1.54, 1.807) is 0 Å². The van der Waals surface area contributed by atoms with Gasteiger partial charge in [-0.3, -0.25) is 0 Å². The summed E-state index contributed by atoms with van der Waals surface area (Å²) in [6.45, 7) is 1.33. The lowest BCUT2D eigenvalue weighted by atomic mass is 10.2. The molecule has 0 spiro atoms. The predicted octanol–water partition coefficient (Wildman–Crippen LogP) is 2.61. The van der Waals surface area contributed by atoms with Crippen LogP contribution in [0.15, 0.2) is 6.07 Å². The Morgan fingerprint density at radius 3 is 2.42 bits per heavy atom. The number of hydrogen-bond donors (Lipinski definition) is 1. The van der Waals surface area contributed by atoms with E-state index in [2.05, 4.69) is 9.97 Å². The van der Waals surface area contributed by atoms with Gasteiger partial charge in [0.15, 0.2) is 5.65 Å². The quantitative estimate of drug-likeness (QED) is 0.874. The number of aromatic nitrogens is 3. The Kier molecular flexibility index (Phi) is 3.70. The Morgan fingerprint density at radius 2 is 1.89 bits per heavy atom. The van der Waals surface area contributed by atoms with Crippen LogP contribution in [-0.4, -0.2) is 26.2 Å². The molecule has 0 aliphatic rings. The molecule has 4 nitrogen and oxygen atoms in total. The minimum atomic E-state index is -2.94. The first-order chi connectivity index (χ1) is 8.95. The number of imidazole rings is 1. The summed E-state index contributed by atoms with van der Waals surface area (Å²) in [6.07, 6.45) is -5.86. The van der Waals surface area contributed by atoms with E-state index in [0.29, 0.717) is 11.9 Å². The number of aryl methyl sites for hydroxylation is 1. The fraction of sp³-hybridized carbons (Fsp3) is 0.455. The van der Waals surface area contributed by atoms with Gasteiger partial charge in [-0.25, -0.2) is 27.5 Å². The summed E-state index contributed by atoms with van der Waals surface area (Å²) in [5, 5.41) is 8.91. The molecular weight excluding hydrogens is 266 g/mol. The highest BCUT2D eigenvalue weighted by Gasteiger charge is 2.22. The first kappa shape index (κ1) is 13.7. The van der Waals surface area contributed by atoms with E-state index < -0.39 is 24.1 Å². The number of pyridine rings is 1. The van der Waals surface area contributed by atoms with Gasteiger partial charge >= 0.3 is 0 Å². The minimum Gasteiger partial charge on any atom is -0.395 e. The molecule has 0 fully saturated rings. The Morgan fingerprint density at radius 1 is 1.21 bits per heavy atom. The largest absolute Gasteiger partial charge is 0.395 e. The molecule has 2 aromatic rings. The van der Waals surface area contributed by atoms with E-state index in [4.69, 9.17) is 5.11 Å². The molecule has 0 aliphatic heterocycles. The topological polar surface area (TPSA) is 50.9 Å². The van der Waals surface area contributed by atoms with E-state index in [0.717, 1.165) is 0 Å². The third-order valence-electron chi connectivity index (χ3n) is 2.73. The van der Waals surface area contributed by atoms with Gasteiger partial charge in [-0.15, -0.1) is 0 Å². The van der Waals surface area contributed by atoms with Crippen molar-refractivity contribution >= 4 is 11.2 Å². The van der Waals surface area contributed by atoms with Crippen molar-refractivity contribution in [3.8, 4) is 0 Å². The molecule has 0 saturated heterocycles. The third kappa shape index (κ3) is 2.40. The Hall–Kier alpha value is -1.70. The summed E-state index contributed by atoms with van der Waals surface area (Å²) in [5.74, 6) is 0.338. The zero-order valence-electron chi connectivity index (χ0n) is 9.95. The van der Waals surface area contributed by atoms with Gasteiger partial charge in [-0.1, -0.05) is 0 Å². The van der Waals surface area contributed by atoms with Crippen LogP contribution in [0.3, 0.4) is 0 Å². The SMILES string of the molecule is Cc1nc2c(C(F)F)cc(C(F)F)nc2n1CCO. The van der Waals surface area contributed by atoms with Crippen LogP contribution < -0.4 is 0 Å². The molecule has 104 valence electrons. The molecule has 0 unspecified atom stereocenters. The molecule has 2 rings (SSSR count). The number of halogens is 4. The lowest BCUT2D eigenvalue weighted by Crippen LogP contribution is -2.06. The number of alkyl halides is 4. The summed E-state index contributed by atoms with van der Waals surface area (Å²) < 4.78 is 52.5. The minimum absolute atomic E-state index is 0.0559. The fourth-order valence-corrected chi connectivity index (χ4v) is 1.89. The van der Waals surface area contributed by atoms with Gasteiger partial charge < -0.3 is 9.67 Å². The second-order valence-electron chi connectivity index (χ2n) is 3.94. The van der Waals surface area contributed by atoms with Gasteiger partial charge in [0.2, 0.25) is 0 Å². The molecule has 19 heavy (non-hydrogen) atoms. The highest BCUT2D eigenvalue weighted by Crippen LogP contribution is 2.30. The molecule has 2 heterocycles. The normalized spacial score (nSPS) is 12.0. The number of nitrogens with zero attached hydrogens (tertiary/aromatic N) is 3. The van der Waals surface area contributed by atoms with Crippen molar-refractivity contribution < 1.29 is 22.7 Å². The van der Waals surface area contributed by atoms with Crippen molar-refractivity contribution in [1.29, 1.82) is 0 Å². The van der Waals surface area contributed by atoms with Gasteiger partial charge in [0.25, 0.3) is 12.9 Å². The maximum atomic E-state index is 12.9. The van der Waals surface area contributed by atoms with Gasteiger partial charge in [0, 0.05) is 12.1 Å². The van der Waals surface area contributed by atoms with E-state index >= 15 is 0 Å². The monoisotopic (exact) mass is 277 g/mol. The predicted molar refractivity (Wildman–Crippen MR) is 59.3 cm³/mol. The highest BCUT2D eigenvalue weighted by atomic mass is 19.3. The summed E-state index contributed by atoms with van der Waals surface area (Å²) in [4.78, 5) is 7.58. The Balaban J connectivity index is 2.75. The van der Waals surface area contributed by atoms with Crippen LogP contribution in [-0.2, 0) is 6.54 Å². The van der Waals surface area contributed by atoms with Gasteiger partial charge in [0.05, 0.1) is 6.61 Å². The van der Waals surface area contributed by atoms with E-state index in [1.807, 2.05) is 0 Å². The molecule has 0 amide bonds. The Labute approximate surface area is 105 Å². The van der Waals surface area contributed by atoms with Crippen LogP contribution in [0.4, 0.5) is 17.6 Å². The summed E-state index contributed by atoms with van der Waals surface area (Å²) >= 11 is 0. The van der Waals surface area contributed by atoms with Crippen LogP contribution in [0.5, 0.6) is 0 Å². The maximum absolute atomic E-state index is 12.9. The van der Waals surface area contributed by atoms with Crippen molar-refractivity contribution in [2.75, 3.05) is 6.61 Å². The van der Waals surface area contributed by atoms with E-state index in [-0.39, 0.29) is 24.3 Å². The molecule has 0 aliphatic carbocycles. The van der Waals surface area contributed by atoms with Crippen LogP contribution >= 0.6 is 0 Å². The lowest BCUT2D eigenvalue weighted by molar-refractivity contribution is 0.141. The standard InChI is InChI=1S/C11H11F4N3O/c1-5-16-8-6(9(12)13)4-7(10(14)15)17-11(8)18(5)2-3-19/h4,9-10,19H,2-3H2,1H3. The van der Waals surface area contributed by atoms with Crippen molar-refractivity contribution in [3.05, 3.63) is 23.1 Å². The van der Waals surface area contributed by atoms with Gasteiger partial charge in [-0.05, 0) is 13.0 Å². The fourth-order valence-electron chi connectivity index (χ4n) is 1.89. The van der Waals surface area contributed by atoms with Crippen LogP contribution in [0, 0.1) is 6.92 Å². The zero-order valence-corrected chi connectivity index (χ0v) is 9.95. The molecule has 2 aromatic heterocycles. The molecule has 8 heteroatoms. The third-order valence-corrected chi connectivity index (χ3v) is 2.73. The molecule has 0 saturated carbocycles. The van der Waals surface area contributed by atoms with Crippen LogP contribution in [0.2, 0.25) is 0 Å². The van der Waals surface area contributed by atoms with Crippen LogP contribution in [0.1, 0.15) is 29.9 Å². The van der Waals surface area contributed by atoms with Crippen LogP contribution in [0.25, 0.3) is 11.2 Å². The first-order valence-electron chi connectivity index (χ1n) is 5.50.